The summed E-state index contributed by atoms with van der Waals surface area (Å²) in [6.07, 6.45) is 4.82. The fraction of sp³-hybridized carbons (Fsp3) is 0.375. The van der Waals surface area contributed by atoms with Crippen LogP contribution in [-0.2, 0) is 11.2 Å². The van der Waals surface area contributed by atoms with Gasteiger partial charge in [-0.25, -0.2) is 4.98 Å². The van der Waals surface area contributed by atoms with E-state index in [4.69, 9.17) is 14.2 Å². The van der Waals surface area contributed by atoms with Crippen LogP contribution in [0.25, 0.3) is 11.3 Å². The van der Waals surface area contributed by atoms with E-state index in [9.17, 15) is 9.59 Å². The van der Waals surface area contributed by atoms with Crippen molar-refractivity contribution < 1.29 is 18.8 Å². The summed E-state index contributed by atoms with van der Waals surface area (Å²) in [7, 11) is 3.30. The molecular formula is C24H24N6O4. The summed E-state index contributed by atoms with van der Waals surface area (Å²) >= 11 is 0. The number of ether oxygens (including phenoxy) is 1. The van der Waals surface area contributed by atoms with Crippen molar-refractivity contribution in [1.82, 2.24) is 20.0 Å². The maximum Gasteiger partial charge on any atom is 0.292 e. The van der Waals surface area contributed by atoms with Gasteiger partial charge >= 0.3 is 0 Å². The topological polar surface area (TPSA) is 105 Å². The molecule has 2 amide bonds. The molecular weight excluding hydrogens is 436 g/mol. The van der Waals surface area contributed by atoms with Crippen LogP contribution in [0.4, 0.5) is 11.5 Å². The van der Waals surface area contributed by atoms with Gasteiger partial charge in [-0.15, -0.1) is 0 Å². The largest absolute Gasteiger partial charge is 0.479 e. The highest BCUT2D eigenvalue weighted by Crippen LogP contribution is 2.42. The molecule has 10 heteroatoms. The van der Waals surface area contributed by atoms with Crippen LogP contribution in [-0.4, -0.2) is 72.2 Å². The zero-order chi connectivity index (χ0) is 23.4. The molecule has 34 heavy (non-hydrogen) atoms. The summed E-state index contributed by atoms with van der Waals surface area (Å²) in [5.41, 5.74) is 4.00. The lowest BCUT2D eigenvalue weighted by atomic mass is 9.72. The molecule has 0 unspecified atom stereocenters. The van der Waals surface area contributed by atoms with E-state index >= 15 is 0 Å². The van der Waals surface area contributed by atoms with E-state index in [1.54, 1.807) is 22.2 Å². The molecule has 3 aliphatic heterocycles. The Hall–Kier alpha value is -3.95. The van der Waals surface area contributed by atoms with Gasteiger partial charge in [0.15, 0.2) is 0 Å². The van der Waals surface area contributed by atoms with Gasteiger partial charge in [-0.2, -0.15) is 0 Å². The van der Waals surface area contributed by atoms with E-state index in [1.807, 2.05) is 19.2 Å². The van der Waals surface area contributed by atoms with Crippen LogP contribution >= 0.6 is 0 Å². The van der Waals surface area contributed by atoms with Crippen LogP contribution in [0.2, 0.25) is 0 Å². The number of hydrogen-bond acceptors (Lipinski definition) is 8. The molecule has 5 heterocycles. The molecule has 2 aromatic heterocycles. The van der Waals surface area contributed by atoms with Crippen LogP contribution in [0.5, 0.6) is 5.88 Å². The zero-order valence-electron chi connectivity index (χ0n) is 19.0. The highest BCUT2D eigenvalue weighted by Gasteiger charge is 2.54. The third-order valence-electron chi connectivity index (χ3n) is 6.97. The first-order valence-corrected chi connectivity index (χ1v) is 11.2. The van der Waals surface area contributed by atoms with Gasteiger partial charge in [0.1, 0.15) is 5.82 Å². The first kappa shape index (κ1) is 20.6. The average molecular weight is 460 g/mol. The molecule has 0 aliphatic carbocycles. The van der Waals surface area contributed by atoms with Crippen LogP contribution in [0.1, 0.15) is 22.5 Å². The minimum atomic E-state index is -0.165. The van der Waals surface area contributed by atoms with E-state index in [-0.39, 0.29) is 23.0 Å². The Morgan fingerprint density at radius 3 is 2.71 bits per heavy atom. The molecule has 0 radical (unpaired) electrons. The second-order valence-corrected chi connectivity index (χ2v) is 9.31. The minimum absolute atomic E-state index is 0.0837. The molecule has 3 aromatic rings. The molecule has 0 atom stereocenters. The Morgan fingerprint density at radius 1 is 1.12 bits per heavy atom. The van der Waals surface area contributed by atoms with Gasteiger partial charge in [0.2, 0.25) is 11.7 Å². The molecule has 0 bridgehead atoms. The molecule has 3 aliphatic rings. The number of likely N-dealkylation sites (tertiary alicyclic amines) is 1. The zero-order valence-corrected chi connectivity index (χ0v) is 19.0. The fourth-order valence-corrected chi connectivity index (χ4v) is 5.11. The van der Waals surface area contributed by atoms with Gasteiger partial charge in [0.05, 0.1) is 31.3 Å². The molecule has 2 fully saturated rings. The molecule has 6 rings (SSSR count). The van der Waals surface area contributed by atoms with Crippen molar-refractivity contribution in [3.05, 3.63) is 48.0 Å². The third kappa shape index (κ3) is 3.28. The number of hydrogen-bond donors (Lipinski definition) is 0. The minimum Gasteiger partial charge on any atom is -0.479 e. The number of carbonyl (C=O) groups excluding carboxylic acids is 2. The molecule has 10 nitrogen and oxygen atoms in total. The monoisotopic (exact) mass is 460 g/mol. The van der Waals surface area contributed by atoms with E-state index in [0.29, 0.717) is 25.4 Å². The molecule has 0 saturated carbocycles. The summed E-state index contributed by atoms with van der Waals surface area (Å²) in [5.74, 6) is 1.30. The number of benzene rings is 1. The van der Waals surface area contributed by atoms with Crippen molar-refractivity contribution in [3.63, 3.8) is 0 Å². The van der Waals surface area contributed by atoms with E-state index in [0.717, 1.165) is 47.8 Å². The molecule has 1 spiro atoms. The van der Waals surface area contributed by atoms with Crippen molar-refractivity contribution in [2.45, 2.75) is 12.8 Å². The quantitative estimate of drug-likeness (QED) is 0.582. The molecule has 2 saturated heterocycles. The second kappa shape index (κ2) is 7.54. The summed E-state index contributed by atoms with van der Waals surface area (Å²) in [4.78, 5) is 39.5. The van der Waals surface area contributed by atoms with E-state index in [1.165, 1.54) is 13.2 Å². The lowest BCUT2D eigenvalue weighted by Gasteiger charge is -2.60. The van der Waals surface area contributed by atoms with Crippen molar-refractivity contribution in [2.75, 3.05) is 50.1 Å². The average Bonchev–Trinajstić information content (AvgIpc) is 3.29. The van der Waals surface area contributed by atoms with E-state index in [2.05, 4.69) is 21.1 Å². The van der Waals surface area contributed by atoms with Gasteiger partial charge in [-0.1, -0.05) is 6.07 Å². The lowest BCUT2D eigenvalue weighted by Crippen LogP contribution is -2.73. The normalized spacial score (nSPS) is 18.4. The number of rotatable bonds is 4. The van der Waals surface area contributed by atoms with Crippen molar-refractivity contribution >= 4 is 23.3 Å². The molecule has 0 N–H and O–H groups in total. The summed E-state index contributed by atoms with van der Waals surface area (Å²) < 4.78 is 10.1. The number of fused-ring (bicyclic) bond motifs is 1. The number of carbonyl (C=O) groups is 2. The van der Waals surface area contributed by atoms with Gasteiger partial charge in [-0.3, -0.25) is 14.6 Å². The third-order valence-corrected chi connectivity index (χ3v) is 6.97. The second-order valence-electron chi connectivity index (χ2n) is 9.31. The predicted octanol–water partition coefficient (Wildman–Crippen LogP) is 2.01. The maximum absolute atomic E-state index is 12.6. The van der Waals surface area contributed by atoms with Crippen molar-refractivity contribution in [1.29, 1.82) is 0 Å². The van der Waals surface area contributed by atoms with Gasteiger partial charge in [0.25, 0.3) is 11.8 Å². The molecule has 174 valence electrons. The van der Waals surface area contributed by atoms with Crippen molar-refractivity contribution in [3.8, 4) is 17.1 Å². The number of anilines is 2. The van der Waals surface area contributed by atoms with Gasteiger partial charge in [0, 0.05) is 56.3 Å². The number of amides is 2. The number of nitrogens with zero attached hydrogens (tertiary/aromatic N) is 6. The van der Waals surface area contributed by atoms with Crippen molar-refractivity contribution in [2.24, 2.45) is 5.41 Å². The Kier molecular flexibility index (Phi) is 4.58. The fourth-order valence-electron chi connectivity index (χ4n) is 5.11. The standard InChI is InChI=1S/C24H24N6O4/c1-28-18-5-3-15(7-16(18)4-6-22(28)31)17-9-25-10-20(26-17)29-11-24(12-29)13-30(14-24)23(32)19-8-21(33-2)27-34-19/h3,5,7-10H,4,6,11-14H2,1-2H3. The van der Waals surface area contributed by atoms with Crippen LogP contribution < -0.4 is 14.5 Å². The number of aromatic nitrogens is 3. The Balaban J connectivity index is 1.11. The number of aryl methyl sites for hydroxylation is 1. The number of methoxy groups -OCH3 is 1. The lowest BCUT2D eigenvalue weighted by molar-refractivity contribution is -0.118. The van der Waals surface area contributed by atoms with E-state index < -0.39 is 0 Å². The first-order valence-electron chi connectivity index (χ1n) is 11.2. The SMILES string of the molecule is COc1cc(C(=O)N2CC3(C2)CN(c2cncc(-c4ccc5c(c4)CCC(=O)N5C)n2)C3)on1. The van der Waals surface area contributed by atoms with Gasteiger partial charge < -0.3 is 24.0 Å². The van der Waals surface area contributed by atoms with Crippen LogP contribution in [0.3, 0.4) is 0 Å². The highest BCUT2D eigenvalue weighted by atomic mass is 16.5. The smallest absolute Gasteiger partial charge is 0.292 e. The molecule has 1 aromatic carbocycles. The Bertz CT molecular complexity index is 1290. The maximum atomic E-state index is 12.6. The highest BCUT2D eigenvalue weighted by molar-refractivity contribution is 5.96. The summed E-state index contributed by atoms with van der Waals surface area (Å²) in [6, 6.07) is 7.60. The van der Waals surface area contributed by atoms with Crippen LogP contribution in [0.15, 0.2) is 41.2 Å². The first-order chi connectivity index (χ1) is 16.4. The Morgan fingerprint density at radius 2 is 1.94 bits per heavy atom. The Labute approximate surface area is 196 Å². The summed E-state index contributed by atoms with van der Waals surface area (Å²) in [5, 5.41) is 3.70. The predicted molar refractivity (Wildman–Crippen MR) is 123 cm³/mol. The summed E-state index contributed by atoms with van der Waals surface area (Å²) in [6.45, 7) is 3.00. The van der Waals surface area contributed by atoms with Crippen LogP contribution in [0, 0.1) is 5.41 Å². The van der Waals surface area contributed by atoms with Gasteiger partial charge in [-0.05, 0) is 29.3 Å².